The van der Waals surface area contributed by atoms with Gasteiger partial charge in [0.1, 0.15) is 5.82 Å². The Morgan fingerprint density at radius 2 is 1.78 bits per heavy atom. The molecule has 1 heterocycles. The summed E-state index contributed by atoms with van der Waals surface area (Å²) in [6, 6.07) is 19.1. The maximum Gasteiger partial charge on any atom is 0.262 e. The molecule has 32 heavy (non-hydrogen) atoms. The van der Waals surface area contributed by atoms with Crippen LogP contribution in [0.3, 0.4) is 0 Å². The molecule has 7 heteroatoms. The summed E-state index contributed by atoms with van der Waals surface area (Å²) in [5.41, 5.74) is 2.93. The molecule has 2 N–H and O–H groups in total. The number of aromatic nitrogens is 1. The van der Waals surface area contributed by atoms with Gasteiger partial charge in [-0.15, -0.1) is 0 Å². The summed E-state index contributed by atoms with van der Waals surface area (Å²) < 4.78 is 11.5. The van der Waals surface area contributed by atoms with Gasteiger partial charge in [-0.05, 0) is 42.8 Å². The molecule has 0 aliphatic carbocycles. The first kappa shape index (κ1) is 23.1. The summed E-state index contributed by atoms with van der Waals surface area (Å²) in [6.45, 7) is 3.69. The molecule has 0 radical (unpaired) electrons. The first-order valence-corrected chi connectivity index (χ1v) is 10.6. The van der Waals surface area contributed by atoms with Crippen molar-refractivity contribution in [1.82, 2.24) is 10.3 Å². The Labute approximate surface area is 189 Å². The SMILES string of the molecule is CCOc1cc(CNCc2cccnc2N(C)C)ccc1OCC(=O)Nc1ccccc1. The second-order valence-electron chi connectivity index (χ2n) is 7.40. The van der Waals surface area contributed by atoms with E-state index in [-0.39, 0.29) is 12.5 Å². The van der Waals surface area contributed by atoms with Gasteiger partial charge < -0.3 is 25.0 Å². The second-order valence-corrected chi connectivity index (χ2v) is 7.40. The second kappa shape index (κ2) is 11.7. The molecule has 168 valence electrons. The van der Waals surface area contributed by atoms with E-state index in [1.807, 2.05) is 80.5 Å². The smallest absolute Gasteiger partial charge is 0.262 e. The Bertz CT molecular complexity index is 1010. The van der Waals surface area contributed by atoms with Gasteiger partial charge in [0.15, 0.2) is 18.1 Å². The predicted octanol–water partition coefficient (Wildman–Crippen LogP) is 3.85. The lowest BCUT2D eigenvalue weighted by Gasteiger charge is -2.16. The molecule has 0 atom stereocenters. The average molecular weight is 435 g/mol. The van der Waals surface area contributed by atoms with Crippen molar-refractivity contribution in [1.29, 1.82) is 0 Å². The van der Waals surface area contributed by atoms with Crippen LogP contribution in [0.5, 0.6) is 11.5 Å². The van der Waals surface area contributed by atoms with Gasteiger partial charge in [-0.3, -0.25) is 4.79 Å². The van der Waals surface area contributed by atoms with Gasteiger partial charge in [-0.2, -0.15) is 0 Å². The molecule has 0 bridgehead atoms. The summed E-state index contributed by atoms with van der Waals surface area (Å²) in [6.07, 6.45) is 1.80. The monoisotopic (exact) mass is 434 g/mol. The van der Waals surface area contributed by atoms with Gasteiger partial charge in [0.05, 0.1) is 6.61 Å². The Morgan fingerprint density at radius 3 is 2.53 bits per heavy atom. The average Bonchev–Trinajstić information content (AvgIpc) is 2.79. The summed E-state index contributed by atoms with van der Waals surface area (Å²) in [5, 5.41) is 6.26. The first-order chi connectivity index (χ1) is 15.6. The highest BCUT2D eigenvalue weighted by molar-refractivity contribution is 5.91. The highest BCUT2D eigenvalue weighted by atomic mass is 16.5. The van der Waals surface area contributed by atoms with Gasteiger partial charge in [0, 0.05) is 44.6 Å². The molecule has 0 unspecified atom stereocenters. The number of para-hydroxylation sites is 1. The quantitative estimate of drug-likeness (QED) is 0.477. The number of carbonyl (C=O) groups is 1. The fourth-order valence-electron chi connectivity index (χ4n) is 3.22. The third-order valence-corrected chi connectivity index (χ3v) is 4.66. The topological polar surface area (TPSA) is 75.7 Å². The summed E-state index contributed by atoms with van der Waals surface area (Å²) in [4.78, 5) is 18.6. The van der Waals surface area contributed by atoms with Crippen molar-refractivity contribution in [2.24, 2.45) is 0 Å². The highest BCUT2D eigenvalue weighted by Gasteiger charge is 2.10. The number of benzene rings is 2. The number of hydrogen-bond acceptors (Lipinski definition) is 6. The molecule has 7 nitrogen and oxygen atoms in total. The van der Waals surface area contributed by atoms with E-state index in [9.17, 15) is 4.79 Å². The van der Waals surface area contributed by atoms with Gasteiger partial charge in [-0.25, -0.2) is 4.98 Å². The van der Waals surface area contributed by atoms with Crippen molar-refractivity contribution in [3.05, 3.63) is 78.0 Å². The van der Waals surface area contributed by atoms with E-state index < -0.39 is 0 Å². The molecule has 0 spiro atoms. The molecule has 0 saturated carbocycles. The molecule has 0 saturated heterocycles. The maximum absolute atomic E-state index is 12.2. The van der Waals surface area contributed by atoms with Crippen LogP contribution in [0.1, 0.15) is 18.1 Å². The van der Waals surface area contributed by atoms with E-state index in [2.05, 4.69) is 21.7 Å². The molecular formula is C25H30N4O3. The normalized spacial score (nSPS) is 10.5. The van der Waals surface area contributed by atoms with Gasteiger partial charge in [-0.1, -0.05) is 30.3 Å². The van der Waals surface area contributed by atoms with Gasteiger partial charge in [0.25, 0.3) is 5.91 Å². The van der Waals surface area contributed by atoms with Crippen LogP contribution in [0.4, 0.5) is 11.5 Å². The van der Waals surface area contributed by atoms with Crippen molar-refractivity contribution < 1.29 is 14.3 Å². The number of carbonyl (C=O) groups excluding carboxylic acids is 1. The van der Waals surface area contributed by atoms with Crippen LogP contribution >= 0.6 is 0 Å². The Hall–Kier alpha value is -3.58. The fraction of sp³-hybridized carbons (Fsp3) is 0.280. The van der Waals surface area contributed by atoms with Crippen LogP contribution < -0.4 is 25.0 Å². The standard InChI is InChI=1S/C25H30N4O3/c1-4-31-23-15-19(16-26-17-20-9-8-14-27-25(20)29(2)3)12-13-22(23)32-18-24(30)28-21-10-6-5-7-11-21/h5-15,26H,4,16-18H2,1-3H3,(H,28,30). The number of anilines is 2. The van der Waals surface area contributed by atoms with Crippen LogP contribution in [-0.4, -0.2) is 38.2 Å². The molecule has 0 fully saturated rings. The van der Waals surface area contributed by atoms with E-state index in [0.717, 1.165) is 22.6 Å². The Morgan fingerprint density at radius 1 is 0.969 bits per heavy atom. The number of rotatable bonds is 11. The van der Waals surface area contributed by atoms with Gasteiger partial charge >= 0.3 is 0 Å². The van der Waals surface area contributed by atoms with Crippen LogP contribution in [0.2, 0.25) is 0 Å². The largest absolute Gasteiger partial charge is 0.490 e. The lowest BCUT2D eigenvalue weighted by atomic mass is 10.2. The number of pyridine rings is 1. The predicted molar refractivity (Wildman–Crippen MR) is 127 cm³/mol. The number of nitrogens with zero attached hydrogens (tertiary/aromatic N) is 2. The summed E-state index contributed by atoms with van der Waals surface area (Å²) in [5.74, 6) is 1.89. The van der Waals surface area contributed by atoms with Crippen LogP contribution in [0, 0.1) is 0 Å². The minimum absolute atomic E-state index is 0.0963. The highest BCUT2D eigenvalue weighted by Crippen LogP contribution is 2.28. The lowest BCUT2D eigenvalue weighted by Crippen LogP contribution is -2.20. The molecule has 1 aromatic heterocycles. The van der Waals surface area contributed by atoms with Crippen LogP contribution in [-0.2, 0) is 17.9 Å². The maximum atomic E-state index is 12.2. The van der Waals surface area contributed by atoms with Crippen LogP contribution in [0.15, 0.2) is 66.9 Å². The zero-order valence-electron chi connectivity index (χ0n) is 18.8. The summed E-state index contributed by atoms with van der Waals surface area (Å²) in [7, 11) is 3.97. The van der Waals surface area contributed by atoms with Crippen molar-refractivity contribution in [2.45, 2.75) is 20.0 Å². The zero-order chi connectivity index (χ0) is 22.8. The van der Waals surface area contributed by atoms with Gasteiger partial charge in [0.2, 0.25) is 0 Å². The molecular weight excluding hydrogens is 404 g/mol. The summed E-state index contributed by atoms with van der Waals surface area (Å²) >= 11 is 0. The van der Waals surface area contributed by atoms with Crippen LogP contribution in [0.25, 0.3) is 0 Å². The van der Waals surface area contributed by atoms with E-state index in [4.69, 9.17) is 9.47 Å². The molecule has 2 aromatic carbocycles. The first-order valence-electron chi connectivity index (χ1n) is 10.6. The van der Waals surface area contributed by atoms with Crippen molar-refractivity contribution in [3.8, 4) is 11.5 Å². The number of ether oxygens (including phenoxy) is 2. The minimum Gasteiger partial charge on any atom is -0.490 e. The minimum atomic E-state index is -0.224. The Kier molecular flexibility index (Phi) is 8.45. The fourth-order valence-corrected chi connectivity index (χ4v) is 3.22. The Balaban J connectivity index is 1.57. The third kappa shape index (κ3) is 6.72. The number of amides is 1. The van der Waals surface area contributed by atoms with Crippen molar-refractivity contribution in [2.75, 3.05) is 37.5 Å². The molecule has 1 amide bonds. The molecule has 3 rings (SSSR count). The molecule has 3 aromatic rings. The van der Waals surface area contributed by atoms with E-state index in [1.165, 1.54) is 0 Å². The molecule has 0 aliphatic rings. The van der Waals surface area contributed by atoms with Crippen molar-refractivity contribution >= 4 is 17.4 Å². The van der Waals surface area contributed by atoms with E-state index in [0.29, 0.717) is 31.2 Å². The number of hydrogen-bond donors (Lipinski definition) is 2. The molecule has 0 aliphatic heterocycles. The van der Waals surface area contributed by atoms with E-state index >= 15 is 0 Å². The zero-order valence-corrected chi connectivity index (χ0v) is 18.8. The lowest BCUT2D eigenvalue weighted by molar-refractivity contribution is -0.118. The number of nitrogens with one attached hydrogen (secondary N) is 2. The van der Waals surface area contributed by atoms with E-state index in [1.54, 1.807) is 6.20 Å². The third-order valence-electron chi connectivity index (χ3n) is 4.66. The van der Waals surface area contributed by atoms with Crippen molar-refractivity contribution in [3.63, 3.8) is 0 Å².